The van der Waals surface area contributed by atoms with Gasteiger partial charge in [-0.3, -0.25) is 4.79 Å². The number of nitrogens with one attached hydrogen (secondary N) is 2. The molecule has 1 aromatic heterocycles. The van der Waals surface area contributed by atoms with Crippen molar-refractivity contribution in [2.24, 2.45) is 5.92 Å². The van der Waals surface area contributed by atoms with E-state index in [1.54, 1.807) is 24.5 Å². The molecule has 1 aliphatic heterocycles. The van der Waals surface area contributed by atoms with E-state index in [-0.39, 0.29) is 23.9 Å². The highest BCUT2D eigenvalue weighted by atomic mass is 35.5. The highest BCUT2D eigenvalue weighted by Gasteiger charge is 2.29. The number of carbonyl (C=O) groups excluding carboxylic acids is 1. The summed E-state index contributed by atoms with van der Waals surface area (Å²) in [6.07, 6.45) is 7.32. The molecule has 2 fully saturated rings. The Hall–Kier alpha value is -2.16. The smallest absolute Gasteiger partial charge is 0.387 e. The number of aromatic amines is 1. The summed E-state index contributed by atoms with van der Waals surface area (Å²) >= 11 is 12.7. The van der Waals surface area contributed by atoms with Crippen molar-refractivity contribution in [2.45, 2.75) is 57.3 Å². The van der Waals surface area contributed by atoms with Gasteiger partial charge in [0.2, 0.25) is 0 Å². The third-order valence-electron chi connectivity index (χ3n) is 5.97. The number of piperidine rings is 1. The van der Waals surface area contributed by atoms with Crippen LogP contribution in [0.2, 0.25) is 10.0 Å². The molecule has 2 aromatic rings. The molecule has 184 valence electrons. The number of hydrogen-bond acceptors (Lipinski definition) is 5. The first kappa shape index (κ1) is 24.9. The van der Waals surface area contributed by atoms with E-state index in [1.807, 2.05) is 0 Å². The minimum absolute atomic E-state index is 0.0659. The summed E-state index contributed by atoms with van der Waals surface area (Å²) in [6.45, 7) is -1.83. The van der Waals surface area contributed by atoms with E-state index in [0.29, 0.717) is 40.1 Å². The number of hydrogen-bond donors (Lipinski definition) is 1. The predicted octanol–water partition coefficient (Wildman–Crippen LogP) is 5.17. The summed E-state index contributed by atoms with van der Waals surface area (Å²) in [6, 6.07) is 4.18. The van der Waals surface area contributed by atoms with Gasteiger partial charge < -0.3 is 19.5 Å². The van der Waals surface area contributed by atoms with E-state index in [1.165, 1.54) is 6.07 Å². The summed E-state index contributed by atoms with van der Waals surface area (Å²) in [5.41, 5.74) is 1.17. The second-order valence-corrected chi connectivity index (χ2v) is 9.42. The van der Waals surface area contributed by atoms with Gasteiger partial charge in [0.25, 0.3) is 0 Å². The molecule has 0 spiro atoms. The highest BCUT2D eigenvalue weighted by molar-refractivity contribution is 6.35. The largest absolute Gasteiger partial charge is 0.489 e. The minimum atomic E-state index is -2.99. The molecule has 0 radical (unpaired) electrons. The third kappa shape index (κ3) is 6.71. The summed E-state index contributed by atoms with van der Waals surface area (Å²) in [5.74, 6) is 0.143. The fraction of sp³-hybridized carbons (Fsp3) is 0.500. The van der Waals surface area contributed by atoms with Gasteiger partial charge in [0.15, 0.2) is 23.9 Å². The van der Waals surface area contributed by atoms with E-state index < -0.39 is 18.8 Å². The van der Waals surface area contributed by atoms with Crippen LogP contribution >= 0.6 is 23.2 Å². The second kappa shape index (κ2) is 11.5. The molecular weight excluding hydrogens is 489 g/mol. The molecule has 6 nitrogen and oxygen atoms in total. The van der Waals surface area contributed by atoms with Gasteiger partial charge in [-0.2, -0.15) is 8.78 Å². The fourth-order valence-electron chi connectivity index (χ4n) is 3.88. The van der Waals surface area contributed by atoms with E-state index in [2.05, 4.69) is 15.0 Å². The average molecular weight is 516 g/mol. The molecule has 10 heteroatoms. The zero-order valence-electron chi connectivity index (χ0n) is 18.5. The number of alkyl halides is 2. The third-order valence-corrected chi connectivity index (χ3v) is 6.64. The van der Waals surface area contributed by atoms with Crippen LogP contribution < -0.4 is 19.8 Å². The van der Waals surface area contributed by atoms with Crippen LogP contribution in [0.3, 0.4) is 0 Å². The molecule has 0 unspecified atom stereocenters. The zero-order valence-corrected chi connectivity index (χ0v) is 20.0. The number of esters is 1. The van der Waals surface area contributed by atoms with Crippen LogP contribution in [-0.4, -0.2) is 31.8 Å². The Bertz CT molecular complexity index is 981. The number of rotatable bonds is 10. The molecule has 1 saturated heterocycles. The molecule has 0 bridgehead atoms. The molecule has 2 aliphatic rings. The number of carbonyl (C=O) groups is 1. The minimum Gasteiger partial charge on any atom is -0.489 e. The van der Waals surface area contributed by atoms with Crippen molar-refractivity contribution in [1.29, 1.82) is 0 Å². The summed E-state index contributed by atoms with van der Waals surface area (Å²) < 4.78 is 42.3. The molecule has 1 saturated carbocycles. The molecule has 2 N–H and O–H groups in total. The lowest BCUT2D eigenvalue weighted by atomic mass is 10.0. The van der Waals surface area contributed by atoms with Gasteiger partial charge in [-0.25, -0.2) is 4.98 Å². The number of H-pyrrole nitrogens is 1. The Morgan fingerprint density at radius 1 is 1.12 bits per heavy atom. The summed E-state index contributed by atoms with van der Waals surface area (Å²) in [5, 5.41) is 3.98. The topological polar surface area (TPSA) is 70.9 Å². The molecule has 4 rings (SSSR count). The lowest BCUT2D eigenvalue weighted by molar-refractivity contribution is -0.377. The Morgan fingerprint density at radius 3 is 2.53 bits per heavy atom. The van der Waals surface area contributed by atoms with Gasteiger partial charge in [-0.1, -0.05) is 35.7 Å². The molecule has 0 amide bonds. The SMILES string of the molecule is O=C(O[C@@H](Cc1c(Cl)c[nH+]cc1Cl)c1ccc(OC(F)F)c(OCC2CC2)c1)[C@@H]1CCCCN1. The van der Waals surface area contributed by atoms with Crippen molar-refractivity contribution in [2.75, 3.05) is 13.2 Å². The van der Waals surface area contributed by atoms with Crippen LogP contribution in [0.25, 0.3) is 0 Å². The van der Waals surface area contributed by atoms with Crippen molar-refractivity contribution in [3.63, 3.8) is 0 Å². The highest BCUT2D eigenvalue weighted by Crippen LogP contribution is 2.38. The Kier molecular flexibility index (Phi) is 8.45. The predicted molar refractivity (Wildman–Crippen MR) is 122 cm³/mol. The molecular formula is C24H27Cl2F2N2O4+. The Labute approximate surface area is 206 Å². The first-order valence-corrected chi connectivity index (χ1v) is 12.2. The van der Waals surface area contributed by atoms with Gasteiger partial charge in [-0.15, -0.1) is 0 Å². The van der Waals surface area contributed by atoms with Gasteiger partial charge in [0.1, 0.15) is 22.2 Å². The lowest BCUT2D eigenvalue weighted by Crippen LogP contribution is -2.42. The van der Waals surface area contributed by atoms with Crippen molar-refractivity contribution in [3.05, 3.63) is 51.8 Å². The molecule has 34 heavy (non-hydrogen) atoms. The molecule has 2 atom stereocenters. The first-order chi connectivity index (χ1) is 16.4. The average Bonchev–Trinajstić information content (AvgIpc) is 3.65. The maximum atomic E-state index is 13.0. The van der Waals surface area contributed by atoms with E-state index in [4.69, 9.17) is 32.7 Å². The fourth-order valence-corrected chi connectivity index (χ4v) is 4.42. The van der Waals surface area contributed by atoms with Crippen LogP contribution in [0.5, 0.6) is 11.5 Å². The summed E-state index contributed by atoms with van der Waals surface area (Å²) in [7, 11) is 0. The second-order valence-electron chi connectivity index (χ2n) is 8.60. The maximum Gasteiger partial charge on any atom is 0.387 e. The number of aromatic nitrogens is 1. The quantitative estimate of drug-likeness (QED) is 0.442. The Morgan fingerprint density at radius 2 is 1.88 bits per heavy atom. The maximum absolute atomic E-state index is 13.0. The van der Waals surface area contributed by atoms with Crippen LogP contribution in [0.4, 0.5) is 8.78 Å². The van der Waals surface area contributed by atoms with Crippen LogP contribution in [-0.2, 0) is 16.0 Å². The normalized spacial score (nSPS) is 19.0. The van der Waals surface area contributed by atoms with Crippen molar-refractivity contribution in [3.8, 4) is 11.5 Å². The van der Waals surface area contributed by atoms with Gasteiger partial charge in [0.05, 0.1) is 6.61 Å². The van der Waals surface area contributed by atoms with E-state index in [9.17, 15) is 13.6 Å². The van der Waals surface area contributed by atoms with Crippen molar-refractivity contribution in [1.82, 2.24) is 5.32 Å². The number of benzene rings is 1. The number of ether oxygens (including phenoxy) is 3. The Balaban J connectivity index is 1.63. The van der Waals surface area contributed by atoms with E-state index in [0.717, 1.165) is 32.2 Å². The summed E-state index contributed by atoms with van der Waals surface area (Å²) in [4.78, 5) is 15.8. The first-order valence-electron chi connectivity index (χ1n) is 11.4. The van der Waals surface area contributed by atoms with Crippen molar-refractivity contribution >= 4 is 29.2 Å². The standard InChI is InChI=1S/C24H26Cl2F2N2O4/c25-17-11-29-12-18(26)16(17)10-21(33-23(31)19-3-1-2-8-30-19)15-6-7-20(34-24(27)28)22(9-15)32-13-14-4-5-14/h6-7,9,11-12,14,19,21,24,30H,1-5,8,10,13H2/p+1/t19-,21-/m0/s1. The monoisotopic (exact) mass is 515 g/mol. The van der Waals surface area contributed by atoms with Gasteiger partial charge in [-0.05, 0) is 55.8 Å². The number of pyridine rings is 1. The van der Waals surface area contributed by atoms with E-state index >= 15 is 0 Å². The molecule has 1 aromatic carbocycles. The molecule has 2 heterocycles. The van der Waals surface area contributed by atoms with Crippen LogP contribution in [0, 0.1) is 5.92 Å². The number of halogens is 4. The lowest BCUT2D eigenvalue weighted by Gasteiger charge is -2.26. The van der Waals surface area contributed by atoms with Crippen LogP contribution in [0.1, 0.15) is 49.3 Å². The van der Waals surface area contributed by atoms with Crippen LogP contribution in [0.15, 0.2) is 30.6 Å². The van der Waals surface area contributed by atoms with Crippen molar-refractivity contribution < 1.29 is 32.8 Å². The van der Waals surface area contributed by atoms with Gasteiger partial charge in [0, 0.05) is 12.0 Å². The van der Waals surface area contributed by atoms with Gasteiger partial charge >= 0.3 is 12.6 Å². The molecule has 1 aliphatic carbocycles. The zero-order chi connectivity index (χ0) is 24.1.